The molecule has 24 heavy (non-hydrogen) atoms. The molecule has 0 N–H and O–H groups in total. The molecule has 0 unspecified atom stereocenters. The number of aromatic nitrogens is 2. The van der Waals surface area contributed by atoms with E-state index in [2.05, 4.69) is 24.2 Å². The maximum Gasteiger partial charge on any atom is 0.123 e. The summed E-state index contributed by atoms with van der Waals surface area (Å²) in [7, 11) is 0. The molecule has 0 aliphatic heterocycles. The Morgan fingerprint density at radius 3 is 2.50 bits per heavy atom. The quantitative estimate of drug-likeness (QED) is 0.600. The Morgan fingerprint density at radius 1 is 1.04 bits per heavy atom. The summed E-state index contributed by atoms with van der Waals surface area (Å²) in [6.07, 6.45) is 2.93. The first-order valence-electron chi connectivity index (χ1n) is 8.20. The maximum atomic E-state index is 13.1. The normalized spacial score (nSPS) is 10.9. The van der Waals surface area contributed by atoms with Crippen molar-refractivity contribution in [2.45, 2.75) is 26.5 Å². The molecule has 0 radical (unpaired) electrons. The van der Waals surface area contributed by atoms with Crippen molar-refractivity contribution in [1.29, 1.82) is 0 Å². The molecule has 0 saturated heterocycles. The van der Waals surface area contributed by atoms with Crippen LogP contribution < -0.4 is 0 Å². The summed E-state index contributed by atoms with van der Waals surface area (Å²) >= 11 is 0. The second-order valence-electron chi connectivity index (χ2n) is 5.66. The molecule has 3 aromatic rings. The van der Waals surface area contributed by atoms with E-state index in [-0.39, 0.29) is 5.82 Å². The van der Waals surface area contributed by atoms with Crippen LogP contribution in [0.5, 0.6) is 0 Å². The first-order chi connectivity index (χ1) is 11.8. The fourth-order valence-electron chi connectivity index (χ4n) is 2.61. The molecule has 0 amide bonds. The molecule has 0 aliphatic rings. The van der Waals surface area contributed by atoms with Crippen LogP contribution in [-0.2, 0) is 24.3 Å². The van der Waals surface area contributed by atoms with Gasteiger partial charge in [-0.1, -0.05) is 37.3 Å². The standard InChI is InChI=1S/C20H21FN2O/c1-2-17-14-23(12-13-24-15-16-6-4-3-5-7-16)22-20(17)18-8-10-19(21)11-9-18/h3-11,14H,2,12-13,15H2,1H3. The molecule has 3 rings (SSSR count). The van der Waals surface area contributed by atoms with Crippen LogP contribution in [-0.4, -0.2) is 16.4 Å². The Balaban J connectivity index is 1.61. The SMILES string of the molecule is CCc1cn(CCOCc2ccccc2)nc1-c1ccc(F)cc1. The molecular weight excluding hydrogens is 303 g/mol. The first-order valence-corrected chi connectivity index (χ1v) is 8.20. The number of nitrogens with zero attached hydrogens (tertiary/aromatic N) is 2. The molecule has 3 nitrogen and oxygen atoms in total. The molecule has 4 heteroatoms. The highest BCUT2D eigenvalue weighted by Gasteiger charge is 2.10. The topological polar surface area (TPSA) is 27.1 Å². The molecule has 0 aliphatic carbocycles. The summed E-state index contributed by atoms with van der Waals surface area (Å²) in [6, 6.07) is 16.6. The predicted octanol–water partition coefficient (Wildman–Crippen LogP) is 4.47. The van der Waals surface area contributed by atoms with Gasteiger partial charge in [0, 0.05) is 11.8 Å². The van der Waals surface area contributed by atoms with E-state index in [9.17, 15) is 4.39 Å². The van der Waals surface area contributed by atoms with Crippen molar-refractivity contribution in [3.63, 3.8) is 0 Å². The van der Waals surface area contributed by atoms with Gasteiger partial charge in [0.25, 0.3) is 0 Å². The van der Waals surface area contributed by atoms with E-state index >= 15 is 0 Å². The second kappa shape index (κ2) is 7.88. The van der Waals surface area contributed by atoms with Gasteiger partial charge in [0.2, 0.25) is 0 Å². The summed E-state index contributed by atoms with van der Waals surface area (Å²) in [6.45, 7) is 4.00. The predicted molar refractivity (Wildman–Crippen MR) is 93.1 cm³/mol. The largest absolute Gasteiger partial charge is 0.375 e. The van der Waals surface area contributed by atoms with Crippen LogP contribution in [0.2, 0.25) is 0 Å². The molecular formula is C20H21FN2O. The summed E-state index contributed by atoms with van der Waals surface area (Å²) < 4.78 is 20.7. The number of hydrogen-bond donors (Lipinski definition) is 0. The fraction of sp³-hybridized carbons (Fsp3) is 0.250. The molecule has 1 aromatic heterocycles. The number of hydrogen-bond acceptors (Lipinski definition) is 2. The smallest absolute Gasteiger partial charge is 0.123 e. The lowest BCUT2D eigenvalue weighted by Crippen LogP contribution is -2.06. The molecule has 0 atom stereocenters. The van der Waals surface area contributed by atoms with Crippen LogP contribution in [0.3, 0.4) is 0 Å². The van der Waals surface area contributed by atoms with Crippen molar-refractivity contribution < 1.29 is 9.13 Å². The van der Waals surface area contributed by atoms with E-state index in [1.807, 2.05) is 29.1 Å². The summed E-state index contributed by atoms with van der Waals surface area (Å²) in [5.41, 5.74) is 4.18. The number of rotatable bonds is 7. The van der Waals surface area contributed by atoms with Gasteiger partial charge in [-0.15, -0.1) is 0 Å². The highest BCUT2D eigenvalue weighted by atomic mass is 19.1. The van der Waals surface area contributed by atoms with E-state index in [1.165, 1.54) is 17.7 Å². The highest BCUT2D eigenvalue weighted by Crippen LogP contribution is 2.22. The minimum absolute atomic E-state index is 0.231. The van der Waals surface area contributed by atoms with Gasteiger partial charge in [-0.3, -0.25) is 4.68 Å². The number of benzene rings is 2. The molecule has 0 fully saturated rings. The molecule has 0 spiro atoms. The third kappa shape index (κ3) is 4.09. The molecule has 0 bridgehead atoms. The fourth-order valence-corrected chi connectivity index (χ4v) is 2.61. The maximum absolute atomic E-state index is 13.1. The van der Waals surface area contributed by atoms with Gasteiger partial charge in [-0.25, -0.2) is 4.39 Å². The zero-order valence-corrected chi connectivity index (χ0v) is 13.8. The Hall–Kier alpha value is -2.46. The third-order valence-corrected chi connectivity index (χ3v) is 3.91. The Labute approximate surface area is 141 Å². The summed E-state index contributed by atoms with van der Waals surface area (Å²) in [5, 5.41) is 4.64. The van der Waals surface area contributed by atoms with Crippen molar-refractivity contribution in [3.8, 4) is 11.3 Å². The molecule has 1 heterocycles. The van der Waals surface area contributed by atoms with E-state index in [0.29, 0.717) is 19.8 Å². The van der Waals surface area contributed by atoms with Gasteiger partial charge in [0.1, 0.15) is 5.82 Å². The number of aryl methyl sites for hydroxylation is 1. The van der Waals surface area contributed by atoms with Crippen LogP contribution in [0.25, 0.3) is 11.3 Å². The first kappa shape index (κ1) is 16.4. The number of halogens is 1. The summed E-state index contributed by atoms with van der Waals surface area (Å²) in [5.74, 6) is -0.231. The molecule has 2 aromatic carbocycles. The van der Waals surface area contributed by atoms with Crippen LogP contribution in [0.15, 0.2) is 60.8 Å². The van der Waals surface area contributed by atoms with E-state index in [1.54, 1.807) is 12.1 Å². The Bertz CT molecular complexity index is 766. The highest BCUT2D eigenvalue weighted by molar-refractivity contribution is 5.62. The van der Waals surface area contributed by atoms with Crippen molar-refractivity contribution >= 4 is 0 Å². The molecule has 124 valence electrons. The van der Waals surface area contributed by atoms with Gasteiger partial charge in [0.15, 0.2) is 0 Å². The van der Waals surface area contributed by atoms with Crippen LogP contribution in [0.4, 0.5) is 4.39 Å². The Morgan fingerprint density at radius 2 is 1.79 bits per heavy atom. The minimum atomic E-state index is -0.231. The van der Waals surface area contributed by atoms with Gasteiger partial charge in [0.05, 0.1) is 25.5 Å². The minimum Gasteiger partial charge on any atom is -0.375 e. The Kier molecular flexibility index (Phi) is 5.39. The zero-order chi connectivity index (χ0) is 16.8. The third-order valence-electron chi connectivity index (χ3n) is 3.91. The lowest BCUT2D eigenvalue weighted by Gasteiger charge is -2.04. The van der Waals surface area contributed by atoms with Gasteiger partial charge in [-0.05, 0) is 41.8 Å². The second-order valence-corrected chi connectivity index (χ2v) is 5.66. The lowest BCUT2D eigenvalue weighted by atomic mass is 10.1. The van der Waals surface area contributed by atoms with Crippen molar-refractivity contribution in [2.24, 2.45) is 0 Å². The van der Waals surface area contributed by atoms with Crippen molar-refractivity contribution in [3.05, 3.63) is 77.7 Å². The van der Waals surface area contributed by atoms with E-state index in [4.69, 9.17) is 4.74 Å². The summed E-state index contributed by atoms with van der Waals surface area (Å²) in [4.78, 5) is 0. The van der Waals surface area contributed by atoms with Crippen LogP contribution in [0.1, 0.15) is 18.1 Å². The van der Waals surface area contributed by atoms with Gasteiger partial charge in [-0.2, -0.15) is 5.10 Å². The van der Waals surface area contributed by atoms with Crippen LogP contribution >= 0.6 is 0 Å². The molecule has 0 saturated carbocycles. The average Bonchev–Trinajstić information content (AvgIpc) is 3.03. The van der Waals surface area contributed by atoms with Gasteiger partial charge >= 0.3 is 0 Å². The monoisotopic (exact) mass is 324 g/mol. The van der Waals surface area contributed by atoms with Gasteiger partial charge < -0.3 is 4.74 Å². The van der Waals surface area contributed by atoms with Crippen molar-refractivity contribution in [1.82, 2.24) is 9.78 Å². The lowest BCUT2D eigenvalue weighted by molar-refractivity contribution is 0.111. The van der Waals surface area contributed by atoms with E-state index < -0.39 is 0 Å². The van der Waals surface area contributed by atoms with Crippen LogP contribution in [0, 0.1) is 5.82 Å². The average molecular weight is 324 g/mol. The number of ether oxygens (including phenoxy) is 1. The zero-order valence-electron chi connectivity index (χ0n) is 13.8. The van der Waals surface area contributed by atoms with E-state index in [0.717, 1.165) is 23.2 Å². The van der Waals surface area contributed by atoms with Crippen molar-refractivity contribution in [2.75, 3.05) is 6.61 Å².